The molecule has 3 rings (SSSR count). The number of benzene rings is 2. The minimum absolute atomic E-state index is 0. The Bertz CT molecular complexity index is 891. The fourth-order valence-corrected chi connectivity index (χ4v) is 4.33. The average Bonchev–Trinajstić information content (AvgIpc) is 2.87. The topological polar surface area (TPSA) is 27.7 Å². The van der Waals surface area contributed by atoms with Crippen molar-refractivity contribution < 1.29 is 6.16 Å². The molecule has 1 aliphatic heterocycles. The molecule has 0 aromatic heterocycles. The monoisotopic (exact) mass is 447 g/mol. The summed E-state index contributed by atoms with van der Waals surface area (Å²) in [6.45, 7) is 14.5. The van der Waals surface area contributed by atoms with Crippen molar-refractivity contribution in [3.63, 3.8) is 0 Å². The minimum atomic E-state index is 0. The lowest BCUT2D eigenvalue weighted by molar-refractivity contribution is 0.0345. The van der Waals surface area contributed by atoms with Gasteiger partial charge in [-0.15, -0.1) is 0 Å². The van der Waals surface area contributed by atoms with E-state index in [1.54, 1.807) is 0 Å². The Morgan fingerprint density at radius 3 is 2.48 bits per heavy atom. The molecule has 1 N–H and O–H groups in total. The highest BCUT2D eigenvalue weighted by Crippen LogP contribution is 2.27. The quantitative estimate of drug-likeness (QED) is 0.404. The molecule has 0 bridgehead atoms. The molecule has 1 heterocycles. The Morgan fingerprint density at radius 1 is 1.06 bits per heavy atom. The summed E-state index contributed by atoms with van der Waals surface area (Å²) in [5, 5.41) is 3.25. The fraction of sp³-hybridized carbons (Fsp3) is 0.379. The van der Waals surface area contributed by atoms with Crippen LogP contribution in [0.4, 0.5) is 5.69 Å². The summed E-state index contributed by atoms with van der Waals surface area (Å²) in [6.07, 6.45) is 7.90. The van der Waals surface area contributed by atoms with Crippen molar-refractivity contribution in [2.24, 2.45) is 0 Å². The van der Waals surface area contributed by atoms with Gasteiger partial charge in [-0.3, -0.25) is 4.90 Å². The molecule has 178 valence electrons. The molecule has 1 atom stereocenters. The third kappa shape index (κ3) is 7.71. The number of para-hydroxylation sites is 1. The number of hydrogen-bond acceptors (Lipinski definition) is 4. The van der Waals surface area contributed by atoms with Gasteiger partial charge in [-0.1, -0.05) is 79.9 Å². The molecule has 0 saturated carbocycles. The molecule has 2 aromatic carbocycles. The van der Waals surface area contributed by atoms with Crippen molar-refractivity contribution in [1.82, 2.24) is 10.2 Å². The van der Waals surface area contributed by atoms with Crippen LogP contribution in [0.2, 0.25) is 0 Å². The highest BCUT2D eigenvalue weighted by Gasteiger charge is 2.20. The highest BCUT2D eigenvalue weighted by atomic mass is 16.5. The van der Waals surface area contributed by atoms with Crippen molar-refractivity contribution in [2.45, 2.75) is 25.6 Å². The van der Waals surface area contributed by atoms with Crippen LogP contribution >= 0.6 is 0 Å². The van der Waals surface area contributed by atoms with E-state index >= 15 is 0 Å². The van der Waals surface area contributed by atoms with E-state index in [4.69, 9.17) is 4.74 Å². The number of ether oxygens (including phenoxy) is 1. The summed E-state index contributed by atoms with van der Waals surface area (Å²) >= 11 is 0. The van der Waals surface area contributed by atoms with E-state index in [1.807, 2.05) is 19.2 Å². The van der Waals surface area contributed by atoms with Gasteiger partial charge in [-0.2, -0.15) is 0 Å². The number of rotatable bonds is 13. The van der Waals surface area contributed by atoms with E-state index in [0.717, 1.165) is 52.1 Å². The summed E-state index contributed by atoms with van der Waals surface area (Å²) in [5.41, 5.74) is 5.06. The zero-order valence-electron chi connectivity index (χ0n) is 20.1. The summed E-state index contributed by atoms with van der Waals surface area (Å²) in [7, 11) is 1.99. The van der Waals surface area contributed by atoms with Gasteiger partial charge in [-0.05, 0) is 43.6 Å². The van der Waals surface area contributed by atoms with Crippen molar-refractivity contribution in [1.29, 1.82) is 0 Å². The summed E-state index contributed by atoms with van der Waals surface area (Å²) in [4.78, 5) is 5.05. The van der Waals surface area contributed by atoms with Gasteiger partial charge < -0.3 is 15.0 Å². The van der Waals surface area contributed by atoms with Crippen LogP contribution in [0, 0.1) is 0 Å². The van der Waals surface area contributed by atoms with Crippen LogP contribution in [-0.2, 0) is 11.3 Å². The van der Waals surface area contributed by atoms with Gasteiger partial charge in [0.05, 0.1) is 12.7 Å². The van der Waals surface area contributed by atoms with E-state index in [9.17, 15) is 0 Å². The lowest BCUT2D eigenvalue weighted by Crippen LogP contribution is -2.47. The van der Waals surface area contributed by atoms with E-state index in [0.29, 0.717) is 6.61 Å². The van der Waals surface area contributed by atoms with Crippen molar-refractivity contribution in [3.8, 4) is 0 Å². The molecule has 33 heavy (non-hydrogen) atoms. The molecule has 0 amide bonds. The first-order valence-electron chi connectivity index (χ1n) is 12.1. The van der Waals surface area contributed by atoms with E-state index < -0.39 is 0 Å². The van der Waals surface area contributed by atoms with Gasteiger partial charge >= 0.3 is 0 Å². The van der Waals surface area contributed by atoms with Crippen molar-refractivity contribution >= 4 is 5.69 Å². The number of allylic oxidation sites excluding steroid dienone is 3. The second-order valence-corrected chi connectivity index (χ2v) is 8.49. The first-order valence-corrected chi connectivity index (χ1v) is 12.1. The van der Waals surface area contributed by atoms with Crippen LogP contribution in [0.5, 0.6) is 0 Å². The van der Waals surface area contributed by atoms with Crippen molar-refractivity contribution in [3.05, 3.63) is 103 Å². The van der Waals surface area contributed by atoms with Gasteiger partial charge in [0.15, 0.2) is 0 Å². The lowest BCUT2D eigenvalue weighted by Gasteiger charge is -2.37. The normalized spacial score (nSPS) is 15.9. The molecule has 1 aliphatic rings. The Balaban J connectivity index is 0.00000408. The molecule has 1 unspecified atom stereocenters. The molecular formula is C29H41N3O. The maximum Gasteiger partial charge on any atom is 0.0841 e. The SMILES string of the molecule is C=C/C=C(\C=C)CCN1CCN(c2ccccc2COC(CCNC)c2ccccc2)CC1.[HH]. The minimum Gasteiger partial charge on any atom is -0.369 e. The van der Waals surface area contributed by atoms with Crippen LogP contribution in [0.15, 0.2) is 91.6 Å². The van der Waals surface area contributed by atoms with Crippen LogP contribution in [-0.4, -0.2) is 51.2 Å². The molecule has 4 heteroatoms. The molecule has 1 fully saturated rings. The predicted molar refractivity (Wildman–Crippen MR) is 143 cm³/mol. The highest BCUT2D eigenvalue weighted by molar-refractivity contribution is 5.53. The zero-order valence-corrected chi connectivity index (χ0v) is 20.1. The van der Waals surface area contributed by atoms with E-state index in [2.05, 4.69) is 88.9 Å². The van der Waals surface area contributed by atoms with Gasteiger partial charge in [0.2, 0.25) is 0 Å². The molecule has 0 aliphatic carbocycles. The first kappa shape index (κ1) is 25.0. The molecular weight excluding hydrogens is 406 g/mol. The van der Waals surface area contributed by atoms with Gasteiger partial charge in [0.1, 0.15) is 0 Å². The maximum atomic E-state index is 6.47. The lowest BCUT2D eigenvalue weighted by atomic mass is 10.1. The average molecular weight is 448 g/mol. The number of nitrogens with one attached hydrogen (secondary N) is 1. The van der Waals surface area contributed by atoms with Gasteiger partial charge in [0, 0.05) is 45.4 Å². The van der Waals surface area contributed by atoms with Crippen LogP contribution in [0.3, 0.4) is 0 Å². The van der Waals surface area contributed by atoms with E-state index in [1.165, 1.54) is 22.4 Å². The number of nitrogens with zero attached hydrogens (tertiary/aromatic N) is 2. The molecule has 0 spiro atoms. The van der Waals surface area contributed by atoms with Crippen LogP contribution in [0.25, 0.3) is 0 Å². The Hall–Kier alpha value is -2.66. The van der Waals surface area contributed by atoms with Crippen LogP contribution < -0.4 is 10.2 Å². The first-order chi connectivity index (χ1) is 16.2. The largest absolute Gasteiger partial charge is 0.369 e. The van der Waals surface area contributed by atoms with Gasteiger partial charge in [0.25, 0.3) is 0 Å². The Kier molecular flexibility index (Phi) is 10.4. The molecule has 1 saturated heterocycles. The predicted octanol–water partition coefficient (Wildman–Crippen LogP) is 5.61. The standard InChI is InChI=1S/C29H39N3O.H2/c1-4-11-25(5-2)17-19-31-20-22-32(23-21-31)28-15-10-9-14-27(28)24-33-29(16-18-30-3)26-12-7-6-8-13-26;/h4-15,29-30H,1-2,16-24H2,3H3;1H/b25-11+;. The van der Waals surface area contributed by atoms with Crippen LogP contribution in [0.1, 0.15) is 31.5 Å². The number of piperazine rings is 1. The second kappa shape index (κ2) is 13.8. The smallest absolute Gasteiger partial charge is 0.0841 e. The molecule has 4 nitrogen and oxygen atoms in total. The van der Waals surface area contributed by atoms with E-state index in [-0.39, 0.29) is 7.53 Å². The molecule has 0 radical (unpaired) electrons. The second-order valence-electron chi connectivity index (χ2n) is 8.49. The third-order valence-corrected chi connectivity index (χ3v) is 6.28. The fourth-order valence-electron chi connectivity index (χ4n) is 4.33. The summed E-state index contributed by atoms with van der Waals surface area (Å²) in [5.74, 6) is 0. The number of anilines is 1. The number of hydrogen-bond donors (Lipinski definition) is 1. The Labute approximate surface area is 201 Å². The molecule has 2 aromatic rings. The Morgan fingerprint density at radius 2 is 1.79 bits per heavy atom. The third-order valence-electron chi connectivity index (χ3n) is 6.28. The van der Waals surface area contributed by atoms with Crippen molar-refractivity contribution in [2.75, 3.05) is 51.2 Å². The summed E-state index contributed by atoms with van der Waals surface area (Å²) < 4.78 is 6.47. The maximum absolute atomic E-state index is 6.47. The summed E-state index contributed by atoms with van der Waals surface area (Å²) in [6, 6.07) is 19.2. The zero-order chi connectivity index (χ0) is 23.3. The van der Waals surface area contributed by atoms with Gasteiger partial charge in [-0.25, -0.2) is 0 Å².